The van der Waals surface area contributed by atoms with Gasteiger partial charge in [0.2, 0.25) is 0 Å². The fourth-order valence-electron chi connectivity index (χ4n) is 7.60. The summed E-state index contributed by atoms with van der Waals surface area (Å²) in [5, 5.41) is 6.78. The third-order valence-electron chi connectivity index (χ3n) is 9.53. The molecule has 2 N–H and O–H groups in total. The van der Waals surface area contributed by atoms with E-state index in [1.165, 1.54) is 0 Å². The van der Waals surface area contributed by atoms with Crippen LogP contribution < -0.4 is 15.5 Å². The third kappa shape index (κ3) is 4.04. The van der Waals surface area contributed by atoms with Crippen LogP contribution >= 0.6 is 0 Å². The molecule has 0 radical (unpaired) electrons. The number of hydrogen-bond donors (Lipinski definition) is 2. The van der Waals surface area contributed by atoms with E-state index in [4.69, 9.17) is 9.47 Å². The monoisotopic (exact) mass is 576 g/mol. The first-order valence-corrected chi connectivity index (χ1v) is 14.7. The molecule has 3 unspecified atom stereocenters. The molecule has 5 atom stereocenters. The zero-order valence-corrected chi connectivity index (χ0v) is 24.7. The second-order valence-electron chi connectivity index (χ2n) is 11.9. The molecule has 4 bridgehead atoms. The van der Waals surface area contributed by atoms with Crippen LogP contribution in [0.2, 0.25) is 0 Å². The normalized spacial score (nSPS) is 26.6. The molecule has 0 aliphatic carbocycles. The van der Waals surface area contributed by atoms with Crippen LogP contribution in [-0.4, -0.2) is 55.0 Å². The number of ether oxygens (including phenoxy) is 2. The lowest BCUT2D eigenvalue weighted by Gasteiger charge is -2.53. The van der Waals surface area contributed by atoms with Gasteiger partial charge >= 0.3 is 0 Å². The van der Waals surface area contributed by atoms with Crippen molar-refractivity contribution < 1.29 is 19.1 Å². The van der Waals surface area contributed by atoms with E-state index in [1.807, 2.05) is 68.6 Å². The molecular formula is C35H36N4O4. The van der Waals surface area contributed by atoms with E-state index >= 15 is 0 Å². The smallest absolute Gasteiger partial charge is 0.253 e. The SMILES string of the molecule is C=CCC1C(=C)N2c3cc(c4c(c31)C(=O)NC4)-c1ccccc1N[C@@]1(C)O[C@@H]2CC(N(C)C(=O)c2ccccc2)C1OC. The zero-order valence-electron chi connectivity index (χ0n) is 24.7. The topological polar surface area (TPSA) is 83.1 Å². The number of hydrogen-bond acceptors (Lipinski definition) is 6. The van der Waals surface area contributed by atoms with Gasteiger partial charge in [-0.25, -0.2) is 0 Å². The standard InChI is InChI=1S/C35H36N4O4/c1-6-12-22-20(2)39-27-17-24(25-19-36-33(40)31(25)30(22)27)23-15-10-11-16-26(23)37-35(3)32(42-5)28(18-29(39)43-35)38(4)34(41)21-13-8-7-9-14-21/h6-11,13-17,22,28-29,32,37H,1-2,12,18-19H2,3-5H3,(H,36,40)/t22?,28?,29-,32?,35+/m1/s1. The minimum absolute atomic E-state index is 0.0702. The summed E-state index contributed by atoms with van der Waals surface area (Å²) in [4.78, 5) is 31.2. The van der Waals surface area contributed by atoms with Gasteiger partial charge in [-0.15, -0.1) is 6.58 Å². The van der Waals surface area contributed by atoms with Crippen molar-refractivity contribution in [2.24, 2.45) is 0 Å². The van der Waals surface area contributed by atoms with Gasteiger partial charge in [-0.1, -0.05) is 49.1 Å². The number of nitrogens with zero attached hydrogens (tertiary/aromatic N) is 2. The van der Waals surface area contributed by atoms with Gasteiger partial charge in [-0.05, 0) is 54.3 Å². The number of nitrogens with one attached hydrogen (secondary N) is 2. The van der Waals surface area contributed by atoms with Crippen LogP contribution in [0, 0.1) is 0 Å². The molecule has 3 aromatic carbocycles. The van der Waals surface area contributed by atoms with Crippen molar-refractivity contribution in [3.63, 3.8) is 0 Å². The number of methoxy groups -OCH3 is 1. The number of likely N-dealkylation sites (N-methyl/N-ethyl adjacent to an activating group) is 1. The number of carbonyl (C=O) groups excluding carboxylic acids is 2. The van der Waals surface area contributed by atoms with Crippen LogP contribution in [0.15, 0.2) is 85.6 Å². The third-order valence-corrected chi connectivity index (χ3v) is 9.53. The van der Waals surface area contributed by atoms with Crippen LogP contribution in [0.3, 0.4) is 0 Å². The van der Waals surface area contributed by atoms with Crippen LogP contribution in [-0.2, 0) is 16.0 Å². The van der Waals surface area contributed by atoms with Crippen LogP contribution in [0.1, 0.15) is 57.5 Å². The first-order chi connectivity index (χ1) is 20.8. The molecule has 8 heteroatoms. The summed E-state index contributed by atoms with van der Waals surface area (Å²) in [6.45, 7) is 11.0. The summed E-state index contributed by atoms with van der Waals surface area (Å²) in [6.07, 6.45) is 1.97. The first-order valence-electron chi connectivity index (χ1n) is 14.7. The van der Waals surface area contributed by atoms with Crippen LogP contribution in [0.5, 0.6) is 0 Å². The molecule has 43 heavy (non-hydrogen) atoms. The maximum absolute atomic E-state index is 13.8. The lowest BCUT2D eigenvalue weighted by atomic mass is 9.85. The number of para-hydroxylation sites is 1. The number of allylic oxidation sites excluding steroid dienone is 2. The summed E-state index contributed by atoms with van der Waals surface area (Å²) in [5.74, 6) is -0.287. The minimum atomic E-state index is -1.03. The molecule has 3 aromatic rings. The average Bonchev–Trinajstić information content (AvgIpc) is 3.52. The fourth-order valence-corrected chi connectivity index (χ4v) is 7.60. The highest BCUT2D eigenvalue weighted by Crippen LogP contribution is 2.54. The summed E-state index contributed by atoms with van der Waals surface area (Å²) < 4.78 is 13.2. The van der Waals surface area contributed by atoms with E-state index in [0.29, 0.717) is 24.9 Å². The quantitative estimate of drug-likeness (QED) is 0.383. The molecule has 1 saturated heterocycles. The average molecular weight is 577 g/mol. The Hall–Kier alpha value is -4.40. The highest BCUT2D eigenvalue weighted by Gasteiger charge is 2.54. The van der Waals surface area contributed by atoms with Crippen molar-refractivity contribution in [2.75, 3.05) is 24.4 Å². The summed E-state index contributed by atoms with van der Waals surface area (Å²) in [5.41, 5.74) is 6.84. The van der Waals surface area contributed by atoms with E-state index in [1.54, 1.807) is 12.0 Å². The Bertz CT molecular complexity index is 1670. The van der Waals surface area contributed by atoms with Crippen molar-refractivity contribution in [1.29, 1.82) is 0 Å². The lowest BCUT2D eigenvalue weighted by Crippen LogP contribution is -2.67. The maximum atomic E-state index is 13.8. The largest absolute Gasteiger partial charge is 0.374 e. The summed E-state index contributed by atoms with van der Waals surface area (Å²) in [7, 11) is 3.50. The summed E-state index contributed by atoms with van der Waals surface area (Å²) >= 11 is 0. The predicted molar refractivity (Wildman–Crippen MR) is 167 cm³/mol. The number of fused-ring (bicyclic) bond motifs is 9. The first kappa shape index (κ1) is 27.4. The van der Waals surface area contributed by atoms with E-state index in [-0.39, 0.29) is 23.8 Å². The van der Waals surface area contributed by atoms with Gasteiger partial charge in [0, 0.05) is 61.2 Å². The lowest BCUT2D eigenvalue weighted by molar-refractivity contribution is -0.195. The zero-order chi connectivity index (χ0) is 30.0. The molecule has 1 fully saturated rings. The van der Waals surface area contributed by atoms with E-state index in [0.717, 1.165) is 44.9 Å². The van der Waals surface area contributed by atoms with Crippen molar-refractivity contribution in [2.45, 2.75) is 56.3 Å². The molecule has 220 valence electrons. The molecular weight excluding hydrogens is 540 g/mol. The Morgan fingerprint density at radius 1 is 1.19 bits per heavy atom. The van der Waals surface area contributed by atoms with E-state index in [9.17, 15) is 9.59 Å². The molecule has 0 aromatic heterocycles. The molecule has 2 amide bonds. The van der Waals surface area contributed by atoms with Crippen molar-refractivity contribution in [3.8, 4) is 11.1 Å². The van der Waals surface area contributed by atoms with Gasteiger partial charge in [0.05, 0.1) is 11.6 Å². The summed E-state index contributed by atoms with van der Waals surface area (Å²) in [6, 6.07) is 19.2. The Morgan fingerprint density at radius 2 is 1.93 bits per heavy atom. The highest BCUT2D eigenvalue weighted by atomic mass is 16.6. The van der Waals surface area contributed by atoms with E-state index < -0.39 is 18.1 Å². The number of rotatable bonds is 5. The van der Waals surface area contributed by atoms with Crippen molar-refractivity contribution >= 4 is 23.2 Å². The molecule has 8 nitrogen and oxygen atoms in total. The van der Waals surface area contributed by atoms with Crippen molar-refractivity contribution in [1.82, 2.24) is 10.2 Å². The van der Waals surface area contributed by atoms with Gasteiger partial charge in [0.15, 0.2) is 5.72 Å². The number of carbonyl (C=O) groups is 2. The Labute approximate surface area is 252 Å². The Kier molecular flexibility index (Phi) is 6.45. The van der Waals surface area contributed by atoms with Gasteiger partial charge in [0.25, 0.3) is 11.8 Å². The second-order valence-corrected chi connectivity index (χ2v) is 11.9. The molecule has 7 rings (SSSR count). The minimum Gasteiger partial charge on any atom is -0.374 e. The van der Waals surface area contributed by atoms with Crippen LogP contribution in [0.25, 0.3) is 11.1 Å². The fraction of sp³-hybridized carbons (Fsp3) is 0.314. The molecule has 4 heterocycles. The van der Waals surface area contributed by atoms with Crippen LogP contribution in [0.4, 0.5) is 11.4 Å². The number of benzene rings is 3. The van der Waals surface area contributed by atoms with E-state index in [2.05, 4.69) is 40.8 Å². The van der Waals surface area contributed by atoms with Gasteiger partial charge in [0.1, 0.15) is 12.3 Å². The van der Waals surface area contributed by atoms with Gasteiger partial charge in [-0.2, -0.15) is 0 Å². The number of amides is 2. The number of anilines is 2. The molecule has 4 aliphatic rings. The van der Waals surface area contributed by atoms with Gasteiger partial charge < -0.3 is 29.9 Å². The maximum Gasteiger partial charge on any atom is 0.253 e. The molecule has 0 saturated carbocycles. The molecule has 0 spiro atoms. The highest BCUT2D eigenvalue weighted by molar-refractivity contribution is 6.06. The van der Waals surface area contributed by atoms with Gasteiger partial charge in [-0.3, -0.25) is 9.59 Å². The molecule has 4 aliphatic heterocycles. The van der Waals surface area contributed by atoms with Crippen molar-refractivity contribution in [3.05, 3.63) is 108 Å². The Morgan fingerprint density at radius 3 is 2.67 bits per heavy atom. The Balaban J connectivity index is 1.45. The second kappa shape index (κ2) is 10.1. The predicted octanol–water partition coefficient (Wildman–Crippen LogP) is 5.63.